The van der Waals surface area contributed by atoms with Gasteiger partial charge in [-0.05, 0) is 25.8 Å². The van der Waals surface area contributed by atoms with E-state index in [9.17, 15) is 4.79 Å². The summed E-state index contributed by atoms with van der Waals surface area (Å²) < 4.78 is 0. The molecule has 2 unspecified atom stereocenters. The van der Waals surface area contributed by atoms with Crippen molar-refractivity contribution >= 4 is 5.91 Å². The van der Waals surface area contributed by atoms with Crippen molar-refractivity contribution in [2.75, 3.05) is 26.3 Å². The molecule has 0 spiro atoms. The first-order valence-electron chi connectivity index (χ1n) is 6.10. The molecular weight excluding hydrogens is 190 g/mol. The molecule has 0 aromatic rings. The molecule has 4 heteroatoms. The summed E-state index contributed by atoms with van der Waals surface area (Å²) in [5.74, 6) is 0.299. The van der Waals surface area contributed by atoms with Gasteiger partial charge in [-0.25, -0.2) is 0 Å². The topological polar surface area (TPSA) is 35.6 Å². The predicted molar refractivity (Wildman–Crippen MR) is 57.3 cm³/mol. The minimum Gasteiger partial charge on any atom is -0.324 e. The Kier molecular flexibility index (Phi) is 2.41. The Morgan fingerprint density at radius 2 is 2.07 bits per heavy atom. The third-order valence-electron chi connectivity index (χ3n) is 4.10. The van der Waals surface area contributed by atoms with Gasteiger partial charge in [0.15, 0.2) is 0 Å². The third-order valence-corrected chi connectivity index (χ3v) is 4.10. The van der Waals surface area contributed by atoms with E-state index in [2.05, 4.69) is 15.1 Å². The Bertz CT molecular complexity index is 269. The summed E-state index contributed by atoms with van der Waals surface area (Å²) in [4.78, 5) is 16.3. The van der Waals surface area contributed by atoms with E-state index in [1.807, 2.05) is 0 Å². The minimum atomic E-state index is 0.299. The van der Waals surface area contributed by atoms with E-state index in [1.54, 1.807) is 0 Å². The Labute approximate surface area is 90.6 Å². The first-order valence-corrected chi connectivity index (χ1v) is 6.10. The Morgan fingerprint density at radius 3 is 2.87 bits per heavy atom. The van der Waals surface area contributed by atoms with Gasteiger partial charge in [0.2, 0.25) is 5.91 Å². The van der Waals surface area contributed by atoms with Crippen LogP contribution in [0.15, 0.2) is 0 Å². The largest absolute Gasteiger partial charge is 0.324 e. The zero-order valence-electron chi connectivity index (χ0n) is 9.11. The number of hydrogen-bond acceptors (Lipinski definition) is 3. The second-order valence-electron chi connectivity index (χ2n) is 4.90. The lowest BCUT2D eigenvalue weighted by atomic mass is 9.98. The van der Waals surface area contributed by atoms with Gasteiger partial charge in [-0.15, -0.1) is 0 Å². The second-order valence-corrected chi connectivity index (χ2v) is 4.90. The molecule has 0 aliphatic carbocycles. The van der Waals surface area contributed by atoms with Gasteiger partial charge in [0.25, 0.3) is 0 Å². The van der Waals surface area contributed by atoms with Crippen LogP contribution in [0.1, 0.15) is 25.7 Å². The second kappa shape index (κ2) is 3.76. The van der Waals surface area contributed by atoms with Crippen molar-refractivity contribution in [3.8, 4) is 0 Å². The number of fused-ring (bicyclic) bond motifs is 1. The minimum absolute atomic E-state index is 0.299. The maximum absolute atomic E-state index is 11.7. The van der Waals surface area contributed by atoms with Crippen LogP contribution in [-0.2, 0) is 4.79 Å². The molecule has 2 atom stereocenters. The van der Waals surface area contributed by atoms with Gasteiger partial charge in [-0.1, -0.05) is 6.42 Å². The molecule has 0 aromatic carbocycles. The van der Waals surface area contributed by atoms with Crippen LogP contribution in [0.3, 0.4) is 0 Å². The average molecular weight is 209 g/mol. The molecular formula is C11H19N3O. The van der Waals surface area contributed by atoms with Crippen LogP contribution in [0, 0.1) is 0 Å². The van der Waals surface area contributed by atoms with E-state index in [-0.39, 0.29) is 0 Å². The molecule has 0 radical (unpaired) electrons. The van der Waals surface area contributed by atoms with E-state index in [0.717, 1.165) is 6.67 Å². The van der Waals surface area contributed by atoms with E-state index in [4.69, 9.17) is 0 Å². The number of rotatable bonds is 1. The lowest BCUT2D eigenvalue weighted by molar-refractivity contribution is -0.129. The van der Waals surface area contributed by atoms with Gasteiger partial charge >= 0.3 is 0 Å². The van der Waals surface area contributed by atoms with Crippen LogP contribution < -0.4 is 5.32 Å². The molecule has 4 nitrogen and oxygen atoms in total. The van der Waals surface area contributed by atoms with E-state index in [1.165, 1.54) is 38.8 Å². The quantitative estimate of drug-likeness (QED) is 0.660. The molecule has 3 saturated heterocycles. The smallest absolute Gasteiger partial charge is 0.237 e. The van der Waals surface area contributed by atoms with Crippen LogP contribution >= 0.6 is 0 Å². The first-order chi connectivity index (χ1) is 7.36. The fraction of sp³-hybridized carbons (Fsp3) is 0.909. The van der Waals surface area contributed by atoms with Crippen molar-refractivity contribution in [1.29, 1.82) is 0 Å². The normalized spacial score (nSPS) is 37.3. The summed E-state index contributed by atoms with van der Waals surface area (Å²) >= 11 is 0. The van der Waals surface area contributed by atoms with E-state index in [0.29, 0.717) is 24.5 Å². The number of nitrogens with one attached hydrogen (secondary N) is 1. The van der Waals surface area contributed by atoms with Crippen molar-refractivity contribution in [1.82, 2.24) is 15.1 Å². The first kappa shape index (κ1) is 9.60. The van der Waals surface area contributed by atoms with Gasteiger partial charge < -0.3 is 4.90 Å². The third kappa shape index (κ3) is 1.56. The number of amides is 1. The van der Waals surface area contributed by atoms with Crippen molar-refractivity contribution < 1.29 is 4.79 Å². The Morgan fingerprint density at radius 1 is 1.13 bits per heavy atom. The number of carbonyl (C=O) groups is 1. The molecule has 1 amide bonds. The monoisotopic (exact) mass is 209 g/mol. The molecule has 1 N–H and O–H groups in total. The molecule has 15 heavy (non-hydrogen) atoms. The molecule has 3 rings (SSSR count). The van der Waals surface area contributed by atoms with Gasteiger partial charge in [-0.3, -0.25) is 15.0 Å². The summed E-state index contributed by atoms with van der Waals surface area (Å²) in [7, 11) is 0. The summed E-state index contributed by atoms with van der Waals surface area (Å²) in [6, 6.07) is 1.15. The highest BCUT2D eigenvalue weighted by Crippen LogP contribution is 2.30. The van der Waals surface area contributed by atoms with Gasteiger partial charge in [0, 0.05) is 18.6 Å². The number of piperidine rings is 1. The molecule has 3 aliphatic rings. The van der Waals surface area contributed by atoms with Crippen molar-refractivity contribution in [3.05, 3.63) is 0 Å². The fourth-order valence-electron chi connectivity index (χ4n) is 3.36. The van der Waals surface area contributed by atoms with Crippen molar-refractivity contribution in [2.24, 2.45) is 0 Å². The predicted octanol–water partition coefficient (Wildman–Crippen LogP) is 0.00250. The number of carbonyl (C=O) groups excluding carboxylic acids is 1. The summed E-state index contributed by atoms with van der Waals surface area (Å²) in [5.41, 5.74) is 0. The highest BCUT2D eigenvalue weighted by atomic mass is 16.2. The SMILES string of the molecule is O=C1CNCN1C1CCN2CCCCC12. The summed E-state index contributed by atoms with van der Waals surface area (Å²) in [6.45, 7) is 3.76. The fourth-order valence-corrected chi connectivity index (χ4v) is 3.36. The van der Waals surface area contributed by atoms with Crippen molar-refractivity contribution in [2.45, 2.75) is 37.8 Å². The average Bonchev–Trinajstić information content (AvgIpc) is 2.83. The molecule has 84 valence electrons. The molecule has 0 saturated carbocycles. The number of hydrogen-bond donors (Lipinski definition) is 1. The van der Waals surface area contributed by atoms with E-state index < -0.39 is 0 Å². The van der Waals surface area contributed by atoms with Gasteiger partial charge in [0.05, 0.1) is 13.2 Å². The molecule has 3 aliphatic heterocycles. The summed E-state index contributed by atoms with van der Waals surface area (Å²) in [6.07, 6.45) is 5.15. The molecule has 3 fully saturated rings. The summed E-state index contributed by atoms with van der Waals surface area (Å²) in [5, 5.41) is 3.15. The Balaban J connectivity index is 1.73. The standard InChI is InChI=1S/C11H19N3O/c15-11-7-12-8-14(11)10-4-6-13-5-2-1-3-9(10)13/h9-10,12H,1-8H2. The Hall–Kier alpha value is -0.610. The lowest BCUT2D eigenvalue weighted by Gasteiger charge is -2.35. The van der Waals surface area contributed by atoms with Crippen LogP contribution in [0.2, 0.25) is 0 Å². The highest BCUT2D eigenvalue weighted by molar-refractivity contribution is 5.80. The van der Waals surface area contributed by atoms with Crippen molar-refractivity contribution in [3.63, 3.8) is 0 Å². The van der Waals surface area contributed by atoms with Crippen LogP contribution in [-0.4, -0.2) is 54.1 Å². The maximum atomic E-state index is 11.7. The number of nitrogens with zero attached hydrogens (tertiary/aromatic N) is 2. The van der Waals surface area contributed by atoms with Crippen LogP contribution in [0.25, 0.3) is 0 Å². The molecule has 0 aromatic heterocycles. The van der Waals surface area contributed by atoms with Gasteiger partial charge in [-0.2, -0.15) is 0 Å². The molecule has 0 bridgehead atoms. The van der Waals surface area contributed by atoms with Gasteiger partial charge in [0.1, 0.15) is 0 Å². The zero-order valence-corrected chi connectivity index (χ0v) is 9.11. The van der Waals surface area contributed by atoms with E-state index >= 15 is 0 Å². The van der Waals surface area contributed by atoms with Crippen LogP contribution in [0.5, 0.6) is 0 Å². The molecule has 3 heterocycles. The highest BCUT2D eigenvalue weighted by Gasteiger charge is 2.41. The lowest BCUT2D eigenvalue weighted by Crippen LogP contribution is -2.48. The zero-order chi connectivity index (χ0) is 10.3. The maximum Gasteiger partial charge on any atom is 0.237 e. The van der Waals surface area contributed by atoms with Crippen LogP contribution in [0.4, 0.5) is 0 Å².